The zero-order chi connectivity index (χ0) is 19.0. The van der Waals surface area contributed by atoms with Crippen LogP contribution in [0.3, 0.4) is 0 Å². The van der Waals surface area contributed by atoms with Gasteiger partial charge in [0.1, 0.15) is 11.9 Å². The number of nitrogens with one attached hydrogen (secondary N) is 1. The molecule has 0 saturated heterocycles. The molecule has 0 aliphatic rings. The van der Waals surface area contributed by atoms with Crippen LogP contribution in [0, 0.1) is 0 Å². The maximum absolute atomic E-state index is 12.8. The number of halogens is 5. The maximum Gasteiger partial charge on any atom is 0.416 e. The van der Waals surface area contributed by atoms with Crippen molar-refractivity contribution in [3.05, 3.63) is 64.7 Å². The van der Waals surface area contributed by atoms with Crippen molar-refractivity contribution >= 4 is 34.5 Å². The average Bonchev–Trinajstić information content (AvgIpc) is 2.61. The van der Waals surface area contributed by atoms with Gasteiger partial charge in [-0.2, -0.15) is 13.2 Å². The zero-order valence-electron chi connectivity index (χ0n) is 14.0. The fraction of sp³-hybridized carbons (Fsp3) is 0.368. The lowest BCUT2D eigenvalue weighted by molar-refractivity contribution is -0.137. The third-order valence-corrected chi connectivity index (χ3v) is 4.77. The Labute approximate surface area is 170 Å². The molecule has 2 nitrogen and oxygen atoms in total. The summed E-state index contributed by atoms with van der Waals surface area (Å²) in [5, 5.41) is -0.0325. The normalized spacial score (nSPS) is 12.8. The fourth-order valence-corrected chi connectivity index (χ4v) is 3.19. The minimum atomic E-state index is -4.42. The van der Waals surface area contributed by atoms with E-state index in [-0.39, 0.29) is 16.9 Å². The van der Waals surface area contributed by atoms with Crippen molar-refractivity contribution < 1.29 is 17.9 Å². The third-order valence-electron chi connectivity index (χ3n) is 3.94. The van der Waals surface area contributed by atoms with Crippen molar-refractivity contribution in [2.75, 3.05) is 6.54 Å². The van der Waals surface area contributed by atoms with E-state index in [1.807, 2.05) is 30.3 Å². The Bertz CT molecular complexity index is 682. The van der Waals surface area contributed by atoms with Crippen molar-refractivity contribution in [2.24, 2.45) is 0 Å². The molecule has 2 aromatic carbocycles. The van der Waals surface area contributed by atoms with E-state index in [9.17, 15) is 13.2 Å². The van der Waals surface area contributed by atoms with Crippen molar-refractivity contribution in [1.29, 1.82) is 0 Å². The predicted molar refractivity (Wildman–Crippen MR) is 107 cm³/mol. The molecule has 0 bridgehead atoms. The van der Waals surface area contributed by atoms with E-state index in [4.69, 9.17) is 16.3 Å². The van der Waals surface area contributed by atoms with Gasteiger partial charge in [0.15, 0.2) is 0 Å². The number of benzene rings is 2. The summed E-state index contributed by atoms with van der Waals surface area (Å²) >= 11 is 8.15. The van der Waals surface area contributed by atoms with E-state index >= 15 is 0 Å². The number of unbranched alkanes of at least 4 members (excludes halogenated alkanes) is 2. The van der Waals surface area contributed by atoms with Gasteiger partial charge >= 0.3 is 6.18 Å². The van der Waals surface area contributed by atoms with Gasteiger partial charge in [0.2, 0.25) is 0 Å². The first-order valence-corrected chi connectivity index (χ1v) is 9.79. The first-order valence-electron chi connectivity index (χ1n) is 8.33. The molecule has 0 saturated carbocycles. The first kappa shape index (κ1) is 21.3. The molecule has 0 radical (unpaired) electrons. The zero-order valence-corrected chi connectivity index (χ0v) is 16.9. The summed E-state index contributed by atoms with van der Waals surface area (Å²) in [7, 11) is 0. The van der Waals surface area contributed by atoms with Gasteiger partial charge in [-0.05, 0) is 43.0 Å². The third kappa shape index (κ3) is 6.63. The van der Waals surface area contributed by atoms with Crippen molar-refractivity contribution in [3.63, 3.8) is 0 Å². The van der Waals surface area contributed by atoms with E-state index in [1.165, 1.54) is 6.07 Å². The van der Waals surface area contributed by atoms with Crippen LogP contribution in [0.2, 0.25) is 5.02 Å². The van der Waals surface area contributed by atoms with Crippen LogP contribution in [-0.4, -0.2) is 6.54 Å². The van der Waals surface area contributed by atoms with Gasteiger partial charge in [-0.1, -0.05) is 48.4 Å². The smallest absolute Gasteiger partial charge is 0.416 e. The molecular weight excluding hydrogens is 478 g/mol. The lowest BCUT2D eigenvalue weighted by Gasteiger charge is -2.21. The number of ether oxygens (including phenoxy) is 1. The van der Waals surface area contributed by atoms with E-state index in [0.29, 0.717) is 0 Å². The van der Waals surface area contributed by atoms with Crippen molar-refractivity contribution in [1.82, 2.24) is 3.53 Å². The average molecular weight is 498 g/mol. The second-order valence-electron chi connectivity index (χ2n) is 5.89. The summed E-state index contributed by atoms with van der Waals surface area (Å²) in [5.74, 6) is 0.266. The quantitative estimate of drug-likeness (QED) is 0.229. The standard InChI is InChI=1S/C19H20ClF3INO/c20-16-13-15(19(21,22)23)10-11-18(16)26-17(9-5-2-6-12-25-24)14-7-3-1-4-8-14/h1,3-4,7-8,10-11,13,17,25H,2,5-6,9,12H2. The van der Waals surface area contributed by atoms with E-state index in [1.54, 1.807) is 0 Å². The molecule has 0 aromatic heterocycles. The molecule has 2 aromatic rings. The second-order valence-corrected chi connectivity index (χ2v) is 7.06. The number of hydrogen-bond donors (Lipinski definition) is 1. The maximum atomic E-state index is 12.8. The van der Waals surface area contributed by atoms with E-state index < -0.39 is 11.7 Å². The SMILES string of the molecule is FC(F)(F)c1ccc(OC(CCCCCNI)c2ccccc2)c(Cl)c1. The largest absolute Gasteiger partial charge is 0.484 e. The molecule has 0 amide bonds. The Morgan fingerprint density at radius 1 is 1.04 bits per heavy atom. The van der Waals surface area contributed by atoms with Gasteiger partial charge in [0.05, 0.1) is 10.6 Å². The van der Waals surface area contributed by atoms with Crippen LogP contribution < -0.4 is 8.27 Å². The van der Waals surface area contributed by atoms with Crippen LogP contribution in [0.1, 0.15) is 42.9 Å². The molecule has 26 heavy (non-hydrogen) atoms. The highest BCUT2D eigenvalue weighted by molar-refractivity contribution is 14.1. The number of rotatable bonds is 9. The molecule has 1 unspecified atom stereocenters. The Morgan fingerprint density at radius 2 is 1.77 bits per heavy atom. The highest BCUT2D eigenvalue weighted by Gasteiger charge is 2.31. The molecule has 0 aliphatic heterocycles. The highest BCUT2D eigenvalue weighted by Crippen LogP contribution is 2.37. The lowest BCUT2D eigenvalue weighted by Crippen LogP contribution is -2.10. The van der Waals surface area contributed by atoms with E-state index in [0.717, 1.165) is 49.9 Å². The van der Waals surface area contributed by atoms with Crippen molar-refractivity contribution in [2.45, 2.75) is 38.0 Å². The Morgan fingerprint density at radius 3 is 2.38 bits per heavy atom. The van der Waals surface area contributed by atoms with Crippen LogP contribution in [0.4, 0.5) is 13.2 Å². The minimum absolute atomic E-state index is 0.0325. The molecule has 0 spiro atoms. The molecule has 0 fully saturated rings. The summed E-state index contributed by atoms with van der Waals surface area (Å²) in [5.41, 5.74) is 0.202. The summed E-state index contributed by atoms with van der Waals surface area (Å²) in [6.45, 7) is 0.947. The molecule has 7 heteroatoms. The van der Waals surface area contributed by atoms with Crippen LogP contribution in [-0.2, 0) is 6.18 Å². The molecule has 0 heterocycles. The fourth-order valence-electron chi connectivity index (χ4n) is 2.59. The van der Waals surface area contributed by atoms with Crippen LogP contribution in [0.15, 0.2) is 48.5 Å². The number of hydrogen-bond acceptors (Lipinski definition) is 2. The summed E-state index contributed by atoms with van der Waals surface area (Å²) < 4.78 is 47.4. The van der Waals surface area contributed by atoms with Gasteiger partial charge in [-0.25, -0.2) is 0 Å². The molecule has 1 atom stereocenters. The van der Waals surface area contributed by atoms with Crippen LogP contribution in [0.5, 0.6) is 5.75 Å². The lowest BCUT2D eigenvalue weighted by atomic mass is 10.0. The molecule has 142 valence electrons. The Hall–Kier alpha value is -0.990. The van der Waals surface area contributed by atoms with Crippen molar-refractivity contribution in [3.8, 4) is 5.75 Å². The molecule has 0 aliphatic carbocycles. The Kier molecular flexibility index (Phi) is 8.50. The van der Waals surface area contributed by atoms with Crippen LogP contribution >= 0.6 is 34.5 Å². The van der Waals surface area contributed by atoms with Gasteiger partial charge in [-0.15, -0.1) is 0 Å². The molecule has 2 rings (SSSR count). The highest BCUT2D eigenvalue weighted by atomic mass is 127. The summed E-state index contributed by atoms with van der Waals surface area (Å²) in [6.07, 6.45) is -0.848. The topological polar surface area (TPSA) is 21.3 Å². The summed E-state index contributed by atoms with van der Waals surface area (Å²) in [6, 6.07) is 12.9. The number of alkyl halides is 3. The van der Waals surface area contributed by atoms with Crippen LogP contribution in [0.25, 0.3) is 0 Å². The Balaban J connectivity index is 2.11. The molecule has 1 N–H and O–H groups in total. The second kappa shape index (κ2) is 10.4. The van der Waals surface area contributed by atoms with Gasteiger partial charge in [-0.3, -0.25) is 3.53 Å². The predicted octanol–water partition coefficient (Wildman–Crippen LogP) is 6.98. The van der Waals surface area contributed by atoms with E-state index in [2.05, 4.69) is 26.4 Å². The first-order chi connectivity index (χ1) is 12.4. The van der Waals surface area contributed by atoms with Gasteiger partial charge in [0.25, 0.3) is 0 Å². The molecular formula is C19H20ClF3INO. The minimum Gasteiger partial charge on any atom is -0.484 e. The monoisotopic (exact) mass is 497 g/mol. The van der Waals surface area contributed by atoms with Gasteiger partial charge < -0.3 is 4.74 Å². The van der Waals surface area contributed by atoms with Gasteiger partial charge in [0, 0.05) is 29.4 Å². The summed E-state index contributed by atoms with van der Waals surface area (Å²) in [4.78, 5) is 0.